The summed E-state index contributed by atoms with van der Waals surface area (Å²) < 4.78 is 3.48. The minimum Gasteiger partial charge on any atom is -0.288 e. The van der Waals surface area contributed by atoms with Crippen LogP contribution in [-0.2, 0) is 0 Å². The summed E-state index contributed by atoms with van der Waals surface area (Å²) in [6, 6.07) is 26.9. The normalized spacial score (nSPS) is 11.5. The van der Waals surface area contributed by atoms with Crippen molar-refractivity contribution in [2.45, 2.75) is 0 Å². The summed E-state index contributed by atoms with van der Waals surface area (Å²) in [6.07, 6.45) is 3.10. The molecule has 0 aliphatic carbocycles. The minimum atomic E-state index is -0.599. The number of benzene rings is 3. The molecule has 6 heteroatoms. The van der Waals surface area contributed by atoms with Gasteiger partial charge in [0.05, 0.1) is 11.2 Å². The van der Waals surface area contributed by atoms with Gasteiger partial charge in [-0.25, -0.2) is 14.2 Å². The van der Waals surface area contributed by atoms with Gasteiger partial charge in [0.15, 0.2) is 0 Å². The van der Waals surface area contributed by atoms with Crippen LogP contribution in [-0.4, -0.2) is 19.4 Å². The summed E-state index contributed by atoms with van der Waals surface area (Å²) in [5.74, 6) is -0.376. The summed E-state index contributed by atoms with van der Waals surface area (Å²) in [5, 5.41) is 0.686. The molecule has 2 heterocycles. The third-order valence-corrected chi connectivity index (χ3v) is 5.12. The summed E-state index contributed by atoms with van der Waals surface area (Å²) in [6.45, 7) is 0. The number of hydrogen-bond donors (Lipinski definition) is 0. The number of allylic oxidation sites excluding steroid dienone is 1. The molecule has 0 spiro atoms. The number of carbonyl (C=O) groups excluding carboxylic acids is 1. The molecule has 5 aromatic rings. The summed E-state index contributed by atoms with van der Waals surface area (Å²) >= 11 is 0. The highest BCUT2D eigenvalue weighted by molar-refractivity contribution is 6.07. The molecule has 0 atom stereocenters. The highest BCUT2D eigenvalue weighted by atomic mass is 16.2. The van der Waals surface area contributed by atoms with Crippen LogP contribution in [0, 0.1) is 0 Å². The fraction of sp³-hybridized carbons (Fsp3) is 0. The van der Waals surface area contributed by atoms with Crippen LogP contribution in [0.3, 0.4) is 0 Å². The lowest BCUT2D eigenvalue weighted by Crippen LogP contribution is -2.26. The Morgan fingerprint density at radius 1 is 0.710 bits per heavy atom. The molecule has 0 aliphatic rings. The zero-order valence-corrected chi connectivity index (χ0v) is 16.4. The predicted molar refractivity (Wildman–Crippen MR) is 120 cm³/mol. The predicted octanol–water partition coefficient (Wildman–Crippen LogP) is 3.60. The van der Waals surface area contributed by atoms with Crippen molar-refractivity contribution in [2.24, 2.45) is 0 Å². The highest BCUT2D eigenvalue weighted by Crippen LogP contribution is 2.15. The number of carbonyl (C=O) groups is 1. The highest BCUT2D eigenvalue weighted by Gasteiger charge is 2.20. The molecular weight excluding hydrogens is 390 g/mol. The van der Waals surface area contributed by atoms with Crippen molar-refractivity contribution >= 4 is 22.8 Å². The Labute approximate surface area is 176 Å². The van der Waals surface area contributed by atoms with Crippen LogP contribution in [0.5, 0.6) is 0 Å². The summed E-state index contributed by atoms with van der Waals surface area (Å²) in [4.78, 5) is 39.7. The number of fused-ring (bicyclic) bond motifs is 3. The fourth-order valence-corrected chi connectivity index (χ4v) is 3.67. The van der Waals surface area contributed by atoms with Gasteiger partial charge in [-0.2, -0.15) is 9.03 Å². The number of para-hydroxylation sites is 2. The Morgan fingerprint density at radius 3 is 2.06 bits per heavy atom. The molecule has 0 N–H and O–H groups in total. The molecule has 0 amide bonds. The molecule has 3 aromatic carbocycles. The first kappa shape index (κ1) is 18.6. The van der Waals surface area contributed by atoms with Gasteiger partial charge in [0.25, 0.3) is 0 Å². The van der Waals surface area contributed by atoms with Crippen LogP contribution < -0.4 is 11.4 Å². The quantitative estimate of drug-likeness (QED) is 0.338. The van der Waals surface area contributed by atoms with Crippen molar-refractivity contribution < 1.29 is 4.79 Å². The van der Waals surface area contributed by atoms with Gasteiger partial charge in [-0.15, -0.1) is 0 Å². The van der Waals surface area contributed by atoms with Gasteiger partial charge in [0.1, 0.15) is 5.69 Å². The van der Waals surface area contributed by atoms with Crippen LogP contribution in [0.25, 0.3) is 22.7 Å². The van der Waals surface area contributed by atoms with Gasteiger partial charge >= 0.3 is 11.4 Å². The monoisotopic (exact) mass is 407 g/mol. The standard InChI is InChI=1S/C25H17N3O3/c29-23(16-15-18-9-3-1-4-10-18)22-17-19-11-7-8-14-21(19)27-24(30)26(25(31)28(22)27)20-12-5-2-6-13-20/h1-17H/b16-15+. The van der Waals surface area contributed by atoms with Crippen molar-refractivity contribution in [3.8, 4) is 5.69 Å². The first-order valence-electron chi connectivity index (χ1n) is 9.76. The smallest absolute Gasteiger partial charge is 0.288 e. The van der Waals surface area contributed by atoms with E-state index in [1.165, 1.54) is 10.6 Å². The second-order valence-corrected chi connectivity index (χ2v) is 7.06. The number of rotatable bonds is 4. The van der Waals surface area contributed by atoms with E-state index in [0.29, 0.717) is 16.6 Å². The van der Waals surface area contributed by atoms with Crippen LogP contribution in [0.15, 0.2) is 107 Å². The average Bonchev–Trinajstić information content (AvgIpc) is 3.09. The number of ketones is 1. The van der Waals surface area contributed by atoms with E-state index in [-0.39, 0.29) is 11.5 Å². The third kappa shape index (κ3) is 3.11. The third-order valence-electron chi connectivity index (χ3n) is 5.12. The SMILES string of the molecule is O=C(/C=C/c1ccccc1)c1cc2ccccc2n2c(=O)n(-c3ccccc3)c(=O)n12. The van der Waals surface area contributed by atoms with Crippen LogP contribution >= 0.6 is 0 Å². The molecule has 0 bridgehead atoms. The van der Waals surface area contributed by atoms with E-state index < -0.39 is 11.4 Å². The molecule has 6 nitrogen and oxygen atoms in total. The second-order valence-electron chi connectivity index (χ2n) is 7.06. The van der Waals surface area contributed by atoms with Crippen LogP contribution in [0.1, 0.15) is 16.1 Å². The van der Waals surface area contributed by atoms with Crippen molar-refractivity contribution in [1.29, 1.82) is 0 Å². The van der Waals surface area contributed by atoms with Crippen molar-refractivity contribution in [3.63, 3.8) is 0 Å². The molecule has 0 saturated carbocycles. The maximum Gasteiger partial charge on any atom is 0.357 e. The van der Waals surface area contributed by atoms with E-state index in [9.17, 15) is 14.4 Å². The molecule has 0 fully saturated rings. The van der Waals surface area contributed by atoms with E-state index in [1.807, 2.05) is 42.5 Å². The van der Waals surface area contributed by atoms with Crippen LogP contribution in [0.2, 0.25) is 0 Å². The Bertz CT molecular complexity index is 1570. The molecule has 0 saturated heterocycles. The average molecular weight is 407 g/mol. The van der Waals surface area contributed by atoms with Crippen molar-refractivity contribution in [2.75, 3.05) is 0 Å². The zero-order valence-electron chi connectivity index (χ0n) is 16.4. The maximum absolute atomic E-state index is 13.3. The molecule has 0 unspecified atom stereocenters. The van der Waals surface area contributed by atoms with E-state index >= 15 is 0 Å². The van der Waals surface area contributed by atoms with E-state index in [0.717, 1.165) is 14.6 Å². The molecule has 0 aliphatic heterocycles. The second kappa shape index (κ2) is 7.42. The Balaban J connectivity index is 1.80. The Morgan fingerprint density at radius 2 is 1.32 bits per heavy atom. The van der Waals surface area contributed by atoms with Gasteiger partial charge < -0.3 is 0 Å². The molecular formula is C25H17N3O3. The van der Waals surface area contributed by atoms with Crippen LogP contribution in [0.4, 0.5) is 0 Å². The van der Waals surface area contributed by atoms with Gasteiger partial charge in [0.2, 0.25) is 5.78 Å². The van der Waals surface area contributed by atoms with Crippen molar-refractivity contribution in [3.05, 3.63) is 129 Å². The Hall–Kier alpha value is -4.45. The largest absolute Gasteiger partial charge is 0.357 e. The lowest BCUT2D eigenvalue weighted by Gasteiger charge is -2.06. The minimum absolute atomic E-state index is 0.114. The topological polar surface area (TPSA) is 65.0 Å². The molecule has 2 aromatic heterocycles. The van der Waals surface area contributed by atoms with Gasteiger partial charge in [-0.3, -0.25) is 4.79 Å². The molecule has 0 radical (unpaired) electrons. The first-order valence-corrected chi connectivity index (χ1v) is 9.76. The Kier molecular flexibility index (Phi) is 4.45. The van der Waals surface area contributed by atoms with E-state index in [2.05, 4.69) is 0 Å². The fourth-order valence-electron chi connectivity index (χ4n) is 3.67. The first-order chi connectivity index (χ1) is 15.1. The number of hydrogen-bond acceptors (Lipinski definition) is 3. The van der Waals surface area contributed by atoms with Gasteiger partial charge in [0, 0.05) is 5.39 Å². The van der Waals surface area contributed by atoms with Crippen molar-refractivity contribution in [1.82, 2.24) is 13.6 Å². The zero-order chi connectivity index (χ0) is 21.4. The summed E-state index contributed by atoms with van der Waals surface area (Å²) in [7, 11) is 0. The van der Waals surface area contributed by atoms with E-state index in [4.69, 9.17) is 0 Å². The molecule has 150 valence electrons. The maximum atomic E-state index is 13.3. The van der Waals surface area contributed by atoms with E-state index in [1.54, 1.807) is 54.6 Å². The lowest BCUT2D eigenvalue weighted by atomic mass is 10.1. The summed E-state index contributed by atoms with van der Waals surface area (Å²) in [5.41, 5.74) is 0.827. The van der Waals surface area contributed by atoms with Gasteiger partial charge in [-0.05, 0) is 35.9 Å². The van der Waals surface area contributed by atoms with Gasteiger partial charge in [-0.1, -0.05) is 72.8 Å². The number of aromatic nitrogens is 3. The molecule has 31 heavy (non-hydrogen) atoms. The number of nitrogens with zero attached hydrogens (tertiary/aromatic N) is 3. The molecule has 5 rings (SSSR count). The lowest BCUT2D eigenvalue weighted by molar-refractivity contribution is 0.104.